The second-order valence-corrected chi connectivity index (χ2v) is 7.21. The highest BCUT2D eigenvalue weighted by Gasteiger charge is 2.21. The zero-order valence-corrected chi connectivity index (χ0v) is 11.2. The van der Waals surface area contributed by atoms with Crippen LogP contribution in [0.1, 0.15) is 17.7 Å². The van der Waals surface area contributed by atoms with E-state index in [1.807, 2.05) is 18.2 Å². The maximum atomic E-state index is 12.0. The zero-order chi connectivity index (χ0) is 12.9. The van der Waals surface area contributed by atoms with Crippen molar-refractivity contribution in [3.8, 4) is 0 Å². The number of benzene rings is 1. The van der Waals surface area contributed by atoms with Crippen molar-refractivity contribution < 1.29 is 8.42 Å². The van der Waals surface area contributed by atoms with Gasteiger partial charge in [-0.3, -0.25) is 5.41 Å². The number of nitrogens with one attached hydrogen (secondary N) is 1. The van der Waals surface area contributed by atoms with Gasteiger partial charge in [-0.25, -0.2) is 8.42 Å². The molecule has 0 amide bonds. The van der Waals surface area contributed by atoms with Gasteiger partial charge < -0.3 is 5.73 Å². The molecule has 0 fully saturated rings. The van der Waals surface area contributed by atoms with Crippen LogP contribution in [0, 0.1) is 5.41 Å². The fourth-order valence-corrected chi connectivity index (χ4v) is 3.78. The lowest BCUT2D eigenvalue weighted by atomic mass is 10.2. The molecule has 0 aliphatic carbocycles. The summed E-state index contributed by atoms with van der Waals surface area (Å²) in [5.74, 6) is 0.363. The van der Waals surface area contributed by atoms with Gasteiger partial charge in [-0.2, -0.15) is 0 Å². The van der Waals surface area contributed by atoms with E-state index in [-0.39, 0.29) is 10.9 Å². The van der Waals surface area contributed by atoms with Crippen molar-refractivity contribution >= 4 is 26.8 Å². The molecule has 4 nitrogen and oxygen atoms in total. The van der Waals surface area contributed by atoms with Crippen molar-refractivity contribution in [2.75, 3.05) is 11.5 Å². The summed E-state index contributed by atoms with van der Waals surface area (Å²) in [4.78, 5) is 0. The molecule has 17 heavy (non-hydrogen) atoms. The molecular formula is C11H16N2O2S2. The van der Waals surface area contributed by atoms with E-state index in [9.17, 15) is 8.42 Å². The molecule has 94 valence electrons. The third-order valence-electron chi connectivity index (χ3n) is 2.43. The van der Waals surface area contributed by atoms with Gasteiger partial charge in [-0.15, -0.1) is 0 Å². The van der Waals surface area contributed by atoms with Crippen LogP contribution in [0.4, 0.5) is 0 Å². The minimum absolute atomic E-state index is 0.0350. The van der Waals surface area contributed by atoms with E-state index in [2.05, 4.69) is 0 Å². The molecule has 0 aliphatic heterocycles. The van der Waals surface area contributed by atoms with Gasteiger partial charge in [-0.1, -0.05) is 42.1 Å². The Bertz CT molecular complexity index is 472. The van der Waals surface area contributed by atoms with Gasteiger partial charge in [0.1, 0.15) is 0 Å². The minimum atomic E-state index is -3.18. The van der Waals surface area contributed by atoms with Crippen molar-refractivity contribution in [2.45, 2.75) is 12.2 Å². The molecule has 0 spiro atoms. The summed E-state index contributed by atoms with van der Waals surface area (Å²) in [6, 6.07) is 9.12. The molecule has 3 N–H and O–H groups in total. The van der Waals surface area contributed by atoms with Crippen LogP contribution in [-0.2, 0) is 9.84 Å². The van der Waals surface area contributed by atoms with Crippen LogP contribution >= 0.6 is 11.8 Å². The molecule has 1 atom stereocenters. The number of hydrogen-bond acceptors (Lipinski definition) is 4. The van der Waals surface area contributed by atoms with E-state index in [1.165, 1.54) is 0 Å². The lowest BCUT2D eigenvalue weighted by molar-refractivity contribution is 0.588. The van der Waals surface area contributed by atoms with Gasteiger partial charge in [0.2, 0.25) is 0 Å². The summed E-state index contributed by atoms with van der Waals surface area (Å²) in [6.07, 6.45) is 0. The first-order valence-corrected chi connectivity index (χ1v) is 7.87. The summed E-state index contributed by atoms with van der Waals surface area (Å²) in [5.41, 5.74) is 5.95. The maximum Gasteiger partial charge on any atom is 0.157 e. The van der Waals surface area contributed by atoms with Crippen molar-refractivity contribution in [3.05, 3.63) is 35.9 Å². The Morgan fingerprint density at radius 1 is 1.41 bits per heavy atom. The highest BCUT2D eigenvalue weighted by Crippen LogP contribution is 2.22. The van der Waals surface area contributed by atoms with E-state index >= 15 is 0 Å². The number of nitrogens with two attached hydrogens (primary N) is 1. The summed E-state index contributed by atoms with van der Waals surface area (Å²) in [5, 5.41) is 6.45. The fourth-order valence-electron chi connectivity index (χ4n) is 1.38. The first-order valence-electron chi connectivity index (χ1n) is 5.17. The molecule has 0 saturated heterocycles. The molecular weight excluding hydrogens is 256 g/mol. The smallest absolute Gasteiger partial charge is 0.157 e. The van der Waals surface area contributed by atoms with Gasteiger partial charge in [0.15, 0.2) is 15.0 Å². The minimum Gasteiger partial charge on any atom is -0.379 e. The standard InChI is InChI=1S/C11H16N2O2S2/c1-9(10-5-3-2-4-6-10)17(14,15)8-7-16-11(12)13/h2-6,9H,7-8H2,1H3,(H3,12,13)/t9-/m1/s1. The van der Waals surface area contributed by atoms with Crippen LogP contribution in [0.2, 0.25) is 0 Å². The third kappa shape index (κ3) is 4.40. The van der Waals surface area contributed by atoms with Crippen LogP contribution < -0.4 is 5.73 Å². The molecule has 1 aromatic rings. The number of rotatable bonds is 5. The summed E-state index contributed by atoms with van der Waals surface area (Å²) < 4.78 is 24.0. The maximum absolute atomic E-state index is 12.0. The normalized spacial score (nSPS) is 13.2. The van der Waals surface area contributed by atoms with Crippen LogP contribution in [0.5, 0.6) is 0 Å². The molecule has 1 rings (SSSR count). The average Bonchev–Trinajstić information content (AvgIpc) is 2.28. The van der Waals surface area contributed by atoms with E-state index < -0.39 is 15.1 Å². The second-order valence-electron chi connectivity index (χ2n) is 3.63. The van der Waals surface area contributed by atoms with E-state index in [1.54, 1.807) is 19.1 Å². The Hall–Kier alpha value is -1.01. The molecule has 6 heteroatoms. The second kappa shape index (κ2) is 6.07. The zero-order valence-electron chi connectivity index (χ0n) is 9.59. The Morgan fingerprint density at radius 2 is 2.00 bits per heavy atom. The molecule has 0 aliphatic rings. The Morgan fingerprint density at radius 3 is 2.53 bits per heavy atom. The van der Waals surface area contributed by atoms with Crippen molar-refractivity contribution in [1.82, 2.24) is 0 Å². The third-order valence-corrected chi connectivity index (χ3v) is 5.53. The Kier molecular flexibility index (Phi) is 5.02. The summed E-state index contributed by atoms with van der Waals surface area (Å²) >= 11 is 1.05. The molecule has 1 aromatic carbocycles. The van der Waals surface area contributed by atoms with Crippen molar-refractivity contribution in [3.63, 3.8) is 0 Å². The topological polar surface area (TPSA) is 84.0 Å². The lowest BCUT2D eigenvalue weighted by Crippen LogP contribution is -2.17. The Balaban J connectivity index is 2.68. The quantitative estimate of drug-likeness (QED) is 0.632. The van der Waals surface area contributed by atoms with Crippen LogP contribution in [0.3, 0.4) is 0 Å². The van der Waals surface area contributed by atoms with Gasteiger partial charge in [0.05, 0.1) is 11.0 Å². The van der Waals surface area contributed by atoms with Gasteiger partial charge >= 0.3 is 0 Å². The highest BCUT2D eigenvalue weighted by molar-refractivity contribution is 8.14. The molecule has 0 radical (unpaired) electrons. The lowest BCUT2D eigenvalue weighted by Gasteiger charge is -2.12. The van der Waals surface area contributed by atoms with Crippen molar-refractivity contribution in [1.29, 1.82) is 5.41 Å². The fraction of sp³-hybridized carbons (Fsp3) is 0.364. The van der Waals surface area contributed by atoms with E-state index in [4.69, 9.17) is 11.1 Å². The number of hydrogen-bond donors (Lipinski definition) is 2. The molecule has 0 unspecified atom stereocenters. The predicted octanol–water partition coefficient (Wildman–Crippen LogP) is 1.79. The summed E-state index contributed by atoms with van der Waals surface area (Å²) in [6.45, 7) is 1.68. The summed E-state index contributed by atoms with van der Waals surface area (Å²) in [7, 11) is -3.18. The van der Waals surface area contributed by atoms with Crippen LogP contribution in [0.15, 0.2) is 30.3 Å². The van der Waals surface area contributed by atoms with E-state index in [0.29, 0.717) is 5.75 Å². The molecule has 0 bridgehead atoms. The van der Waals surface area contributed by atoms with Crippen LogP contribution in [-0.4, -0.2) is 25.1 Å². The van der Waals surface area contributed by atoms with Gasteiger partial charge in [0, 0.05) is 5.75 Å². The van der Waals surface area contributed by atoms with Gasteiger partial charge in [0.25, 0.3) is 0 Å². The first kappa shape index (κ1) is 14.1. The molecule has 0 aromatic heterocycles. The molecule has 0 heterocycles. The molecule has 0 saturated carbocycles. The number of amidine groups is 1. The SMILES string of the molecule is C[C@H](c1ccccc1)S(=O)(=O)CCSC(=N)N. The highest BCUT2D eigenvalue weighted by atomic mass is 32.2. The van der Waals surface area contributed by atoms with E-state index in [0.717, 1.165) is 17.3 Å². The Labute approximate surface area is 106 Å². The largest absolute Gasteiger partial charge is 0.379 e. The van der Waals surface area contributed by atoms with Crippen molar-refractivity contribution in [2.24, 2.45) is 5.73 Å². The van der Waals surface area contributed by atoms with Gasteiger partial charge in [-0.05, 0) is 12.5 Å². The first-order chi connectivity index (χ1) is 7.93. The number of thioether (sulfide) groups is 1. The monoisotopic (exact) mass is 272 g/mol. The van der Waals surface area contributed by atoms with Crippen LogP contribution in [0.25, 0.3) is 0 Å². The average molecular weight is 272 g/mol. The number of sulfone groups is 1. The predicted molar refractivity (Wildman–Crippen MR) is 73.0 cm³/mol.